The molecule has 2 aromatic carbocycles. The molecule has 0 bridgehead atoms. The van der Waals surface area contributed by atoms with Gasteiger partial charge in [0.1, 0.15) is 11.3 Å². The van der Waals surface area contributed by atoms with Crippen LogP contribution in [0.25, 0.3) is 22.6 Å². The van der Waals surface area contributed by atoms with Crippen molar-refractivity contribution in [1.29, 1.82) is 0 Å². The number of carbonyl (C=O) groups excluding carboxylic acids is 2. The zero-order valence-electron chi connectivity index (χ0n) is 15.0. The monoisotopic (exact) mass is 395 g/mol. The maximum atomic E-state index is 14.3. The average molecular weight is 395 g/mol. The van der Waals surface area contributed by atoms with Gasteiger partial charge in [-0.15, -0.1) is 0 Å². The zero-order valence-corrected chi connectivity index (χ0v) is 18.1. The van der Waals surface area contributed by atoms with Crippen molar-refractivity contribution in [2.75, 3.05) is 5.32 Å². The Morgan fingerprint density at radius 3 is 2.63 bits per heavy atom. The van der Waals surface area contributed by atoms with E-state index in [-0.39, 0.29) is 63.0 Å². The van der Waals surface area contributed by atoms with Crippen molar-refractivity contribution in [2.24, 2.45) is 0 Å². The summed E-state index contributed by atoms with van der Waals surface area (Å²) in [6, 6.07) is 7.53. The number of nitrogens with one attached hydrogen (secondary N) is 2. The van der Waals surface area contributed by atoms with Gasteiger partial charge in [-0.25, -0.2) is 14.2 Å². The first kappa shape index (κ1) is 21.5. The van der Waals surface area contributed by atoms with Crippen LogP contribution in [0.15, 0.2) is 40.8 Å². The molecule has 7 nitrogen and oxygen atoms in total. The van der Waals surface area contributed by atoms with Crippen LogP contribution in [0.1, 0.15) is 12.5 Å². The van der Waals surface area contributed by atoms with E-state index in [9.17, 15) is 19.1 Å². The van der Waals surface area contributed by atoms with Crippen molar-refractivity contribution in [3.63, 3.8) is 0 Å². The fraction of sp³-hybridized carbons (Fsp3) is 0.167. The van der Waals surface area contributed by atoms with E-state index in [0.717, 1.165) is 5.56 Å². The third kappa shape index (κ3) is 5.14. The molecule has 1 aromatic heterocycles. The van der Waals surface area contributed by atoms with Gasteiger partial charge >= 0.3 is 57.4 Å². The van der Waals surface area contributed by atoms with Gasteiger partial charge in [-0.2, -0.15) is 0 Å². The number of nitrogens with zero attached hydrogens (tertiary/aromatic N) is 1. The molecule has 3 rings (SSSR count). The number of hydrogen-bond acceptors (Lipinski definition) is 5. The van der Waals surface area contributed by atoms with Crippen molar-refractivity contribution in [3.05, 3.63) is 47.8 Å². The number of rotatable bonds is 4. The second-order valence-corrected chi connectivity index (χ2v) is 5.82. The van der Waals surface area contributed by atoms with Gasteiger partial charge < -0.3 is 25.0 Å². The Bertz CT molecular complexity index is 1010. The van der Waals surface area contributed by atoms with Crippen LogP contribution < -0.4 is 67.1 Å². The topological polar surface area (TPSA) is 107 Å². The Morgan fingerprint density at radius 1 is 1.22 bits per heavy atom. The van der Waals surface area contributed by atoms with Crippen LogP contribution >= 0.6 is 0 Å². The molecule has 9 heteroatoms. The van der Waals surface area contributed by atoms with Crippen molar-refractivity contribution < 1.29 is 74.9 Å². The molecule has 2 N–H and O–H groups in total. The average Bonchev–Trinajstić information content (AvgIpc) is 2.99. The summed E-state index contributed by atoms with van der Waals surface area (Å²) in [7, 11) is 0. The molecular formula is C18H15FKN3O4. The fourth-order valence-electron chi connectivity index (χ4n) is 2.32. The predicted molar refractivity (Wildman–Crippen MR) is 90.8 cm³/mol. The normalized spacial score (nSPS) is 11.5. The van der Waals surface area contributed by atoms with Crippen LogP contribution in [0.2, 0.25) is 0 Å². The molecule has 0 aliphatic rings. The Morgan fingerprint density at radius 2 is 1.96 bits per heavy atom. The Balaban J connectivity index is 0.00000261. The summed E-state index contributed by atoms with van der Waals surface area (Å²) in [4.78, 5) is 26.6. The van der Waals surface area contributed by atoms with Crippen molar-refractivity contribution in [1.82, 2.24) is 10.3 Å². The van der Waals surface area contributed by atoms with E-state index in [1.807, 2.05) is 19.1 Å². The number of halogens is 1. The van der Waals surface area contributed by atoms with E-state index >= 15 is 0 Å². The molecule has 134 valence electrons. The summed E-state index contributed by atoms with van der Waals surface area (Å²) in [5.74, 6) is -1.90. The maximum Gasteiger partial charge on any atom is 1.00 e. The predicted octanol–water partition coefficient (Wildman–Crippen LogP) is -0.794. The van der Waals surface area contributed by atoms with Crippen LogP contribution in [0, 0.1) is 12.7 Å². The molecule has 0 spiro atoms. The minimum absolute atomic E-state index is 0. The maximum absolute atomic E-state index is 14.3. The summed E-state index contributed by atoms with van der Waals surface area (Å²) in [6.07, 6.45) is 0. The van der Waals surface area contributed by atoms with Gasteiger partial charge in [0, 0.05) is 5.56 Å². The number of urea groups is 1. The van der Waals surface area contributed by atoms with Crippen molar-refractivity contribution >= 4 is 28.8 Å². The summed E-state index contributed by atoms with van der Waals surface area (Å²) in [5.41, 5.74) is 2.58. The van der Waals surface area contributed by atoms with Crippen LogP contribution in [0.3, 0.4) is 0 Å². The molecule has 0 saturated heterocycles. The molecule has 0 radical (unpaired) electrons. The largest absolute Gasteiger partial charge is 1.00 e. The van der Waals surface area contributed by atoms with Crippen molar-refractivity contribution in [3.8, 4) is 11.5 Å². The second-order valence-electron chi connectivity index (χ2n) is 5.82. The number of carboxylic acid groups (broad SMARTS) is 1. The standard InChI is InChI=1S/C18H16FN3O4.K/c1-9-3-6-15-14(7-9)21-16(26-15)11-4-5-13(12(19)8-11)22-18(25)20-10(2)17(23)24;/h3-8,10H,1-2H3,(H,23,24)(H2,20,22,25);/q;+1/p-1. The number of hydrogen-bond donors (Lipinski definition) is 2. The first-order valence-electron chi connectivity index (χ1n) is 7.79. The molecule has 0 aliphatic carbocycles. The number of benzene rings is 2. The van der Waals surface area contributed by atoms with E-state index in [0.29, 0.717) is 16.7 Å². The van der Waals surface area contributed by atoms with Crippen LogP contribution in [0.4, 0.5) is 14.9 Å². The molecule has 1 unspecified atom stereocenters. The van der Waals surface area contributed by atoms with Crippen LogP contribution in [-0.4, -0.2) is 23.0 Å². The number of aliphatic carboxylic acids is 1. The Kier molecular flexibility index (Phi) is 7.12. The van der Waals surface area contributed by atoms with Gasteiger partial charge in [-0.1, -0.05) is 6.07 Å². The van der Waals surface area contributed by atoms with Gasteiger partial charge in [-0.3, -0.25) is 0 Å². The minimum Gasteiger partial charge on any atom is -0.548 e. The third-order valence-corrected chi connectivity index (χ3v) is 3.71. The first-order chi connectivity index (χ1) is 12.3. The summed E-state index contributed by atoms with van der Waals surface area (Å²) in [5, 5.41) is 15.0. The van der Waals surface area contributed by atoms with Gasteiger partial charge in [0.05, 0.1) is 17.7 Å². The van der Waals surface area contributed by atoms with E-state index in [4.69, 9.17) is 4.42 Å². The third-order valence-electron chi connectivity index (χ3n) is 3.71. The van der Waals surface area contributed by atoms with E-state index in [1.165, 1.54) is 19.1 Å². The number of carbonyl (C=O) groups is 2. The number of fused-ring (bicyclic) bond motifs is 1. The van der Waals surface area contributed by atoms with Gasteiger partial charge in [-0.05, 0) is 49.7 Å². The first-order valence-corrected chi connectivity index (χ1v) is 7.79. The molecule has 0 saturated carbocycles. The molecule has 0 fully saturated rings. The summed E-state index contributed by atoms with van der Waals surface area (Å²) < 4.78 is 19.9. The smallest absolute Gasteiger partial charge is 0.548 e. The molecule has 27 heavy (non-hydrogen) atoms. The second kappa shape index (κ2) is 8.94. The number of anilines is 1. The van der Waals surface area contributed by atoms with Crippen molar-refractivity contribution in [2.45, 2.75) is 19.9 Å². The van der Waals surface area contributed by atoms with Gasteiger partial charge in [0.2, 0.25) is 5.89 Å². The molecule has 3 aromatic rings. The van der Waals surface area contributed by atoms with E-state index in [2.05, 4.69) is 15.6 Å². The number of amides is 2. The van der Waals surface area contributed by atoms with Crippen LogP contribution in [0.5, 0.6) is 0 Å². The quantitative estimate of drug-likeness (QED) is 0.563. The van der Waals surface area contributed by atoms with Crippen LogP contribution in [-0.2, 0) is 4.79 Å². The summed E-state index contributed by atoms with van der Waals surface area (Å²) >= 11 is 0. The SMILES string of the molecule is Cc1ccc2oc(-c3ccc(NC(=O)NC(C)C(=O)[O-])c(F)c3)nc2c1.[K+]. The number of oxazole rings is 1. The van der Waals surface area contributed by atoms with Gasteiger partial charge in [0.25, 0.3) is 0 Å². The van der Waals surface area contributed by atoms with E-state index < -0.39 is 23.9 Å². The number of aromatic nitrogens is 1. The fourth-order valence-corrected chi connectivity index (χ4v) is 2.32. The molecule has 0 aliphatic heterocycles. The molecule has 1 atom stereocenters. The molecular weight excluding hydrogens is 380 g/mol. The molecule has 2 amide bonds. The number of aryl methyl sites for hydroxylation is 1. The Hall–Kier alpha value is -1.78. The molecule has 1 heterocycles. The number of carboxylic acids is 1. The zero-order chi connectivity index (χ0) is 18.8. The minimum atomic E-state index is -1.44. The van der Waals surface area contributed by atoms with E-state index in [1.54, 1.807) is 12.1 Å². The summed E-state index contributed by atoms with van der Waals surface area (Å²) in [6.45, 7) is 3.17. The van der Waals surface area contributed by atoms with Gasteiger partial charge in [0.15, 0.2) is 5.58 Å². The Labute approximate surface area is 196 Å².